The van der Waals surface area contributed by atoms with Crippen molar-refractivity contribution in [2.45, 2.75) is 6.92 Å². The number of Topliss-reactive ketones (excluding diaryl/α,β-unsaturated/α-hetero) is 1. The van der Waals surface area contributed by atoms with Crippen molar-refractivity contribution >= 4 is 56.4 Å². The smallest absolute Gasteiger partial charge is 0.341 e. The molecule has 19 heavy (non-hydrogen) atoms. The Labute approximate surface area is 122 Å². The first-order valence-electron chi connectivity index (χ1n) is 5.17. The van der Waals surface area contributed by atoms with Gasteiger partial charge in [-0.1, -0.05) is 23.2 Å². The van der Waals surface area contributed by atoms with Crippen LogP contribution in [0.5, 0.6) is 5.75 Å². The van der Waals surface area contributed by atoms with E-state index >= 15 is 0 Å². The van der Waals surface area contributed by atoms with Gasteiger partial charge in [-0.15, -0.1) is 11.3 Å². The number of halogens is 2. The van der Waals surface area contributed by atoms with Crippen molar-refractivity contribution in [1.82, 2.24) is 0 Å². The minimum absolute atomic E-state index is 0.0682. The van der Waals surface area contributed by atoms with Gasteiger partial charge in [-0.25, -0.2) is 4.79 Å². The van der Waals surface area contributed by atoms with Gasteiger partial charge in [-0.05, 0) is 24.4 Å². The number of benzene rings is 1. The molecular formula is C12H8Cl2O4S. The third-order valence-corrected chi connectivity index (χ3v) is 4.59. The zero-order valence-corrected chi connectivity index (χ0v) is 12.0. The Balaban J connectivity index is 2.52. The minimum Gasteiger partial charge on any atom is -0.480 e. The van der Waals surface area contributed by atoms with Gasteiger partial charge in [0.2, 0.25) is 0 Å². The summed E-state index contributed by atoms with van der Waals surface area (Å²) in [5, 5.41) is 9.69. The van der Waals surface area contributed by atoms with E-state index in [9.17, 15) is 9.59 Å². The summed E-state index contributed by atoms with van der Waals surface area (Å²) in [6.45, 7) is 0.952. The maximum atomic E-state index is 11.3. The molecule has 0 aliphatic rings. The highest BCUT2D eigenvalue weighted by Gasteiger charge is 2.16. The summed E-state index contributed by atoms with van der Waals surface area (Å²) in [6, 6.07) is 3.26. The summed E-state index contributed by atoms with van der Waals surface area (Å²) in [6.07, 6.45) is 0. The Morgan fingerprint density at radius 3 is 2.58 bits per heavy atom. The summed E-state index contributed by atoms with van der Waals surface area (Å²) >= 11 is 13.4. The van der Waals surface area contributed by atoms with Crippen LogP contribution >= 0.6 is 34.5 Å². The molecule has 0 unspecified atom stereocenters. The minimum atomic E-state index is -1.11. The summed E-state index contributed by atoms with van der Waals surface area (Å²) in [5.74, 6) is -0.988. The van der Waals surface area contributed by atoms with Gasteiger partial charge in [0, 0.05) is 0 Å². The van der Waals surface area contributed by atoms with E-state index in [1.165, 1.54) is 18.3 Å². The predicted molar refractivity (Wildman–Crippen MR) is 75.0 cm³/mol. The van der Waals surface area contributed by atoms with Crippen LogP contribution in [0, 0.1) is 0 Å². The molecule has 0 spiro atoms. The Bertz CT molecular complexity index is 678. The number of carbonyl (C=O) groups is 2. The van der Waals surface area contributed by atoms with Crippen LogP contribution in [-0.4, -0.2) is 23.5 Å². The van der Waals surface area contributed by atoms with E-state index in [0.717, 1.165) is 0 Å². The quantitative estimate of drug-likeness (QED) is 0.869. The zero-order chi connectivity index (χ0) is 14.2. The van der Waals surface area contributed by atoms with Gasteiger partial charge in [-0.2, -0.15) is 0 Å². The van der Waals surface area contributed by atoms with Crippen molar-refractivity contribution < 1.29 is 19.4 Å². The van der Waals surface area contributed by atoms with E-state index in [1.54, 1.807) is 12.1 Å². The molecule has 4 nitrogen and oxygen atoms in total. The maximum absolute atomic E-state index is 11.3. The van der Waals surface area contributed by atoms with E-state index in [4.69, 9.17) is 33.0 Å². The van der Waals surface area contributed by atoms with E-state index in [-0.39, 0.29) is 21.6 Å². The van der Waals surface area contributed by atoms with Crippen molar-refractivity contribution in [1.29, 1.82) is 0 Å². The topological polar surface area (TPSA) is 63.6 Å². The van der Waals surface area contributed by atoms with Crippen LogP contribution in [0.3, 0.4) is 0 Å². The third-order valence-electron chi connectivity index (χ3n) is 2.35. The zero-order valence-electron chi connectivity index (χ0n) is 9.70. The first-order valence-corrected chi connectivity index (χ1v) is 6.74. The van der Waals surface area contributed by atoms with E-state index in [2.05, 4.69) is 0 Å². The number of ether oxygens (including phenoxy) is 1. The van der Waals surface area contributed by atoms with Gasteiger partial charge in [0.15, 0.2) is 12.4 Å². The second-order valence-electron chi connectivity index (χ2n) is 3.77. The molecule has 0 saturated heterocycles. The lowest BCUT2D eigenvalue weighted by Crippen LogP contribution is -2.09. The molecule has 1 aromatic heterocycles. The van der Waals surface area contributed by atoms with Crippen molar-refractivity contribution in [3.05, 3.63) is 27.1 Å². The standard InChI is InChI=1S/C12H8Cl2O4S/c1-5(15)8-3-6-2-7(18-4-9(16)17)10(13)11(14)12(6)19-8/h2-3H,4H2,1H3,(H,16,17). The summed E-state index contributed by atoms with van der Waals surface area (Å²) in [4.78, 5) is 22.4. The van der Waals surface area contributed by atoms with E-state index in [0.29, 0.717) is 15.0 Å². The molecule has 1 aromatic carbocycles. The predicted octanol–water partition coefficient (Wildman–Crippen LogP) is 3.87. The Hall–Kier alpha value is -1.30. The fourth-order valence-corrected chi connectivity index (χ4v) is 3.07. The number of thiophene rings is 1. The summed E-state index contributed by atoms with van der Waals surface area (Å²) in [5.41, 5.74) is 0. The summed E-state index contributed by atoms with van der Waals surface area (Å²) < 4.78 is 5.74. The molecular weight excluding hydrogens is 311 g/mol. The number of fused-ring (bicyclic) bond motifs is 1. The third kappa shape index (κ3) is 2.83. The first kappa shape index (κ1) is 14.1. The molecule has 2 rings (SSSR count). The molecule has 0 aliphatic carbocycles. The molecule has 0 radical (unpaired) electrons. The lowest BCUT2D eigenvalue weighted by Gasteiger charge is -2.07. The largest absolute Gasteiger partial charge is 0.480 e. The fourth-order valence-electron chi connectivity index (χ4n) is 1.51. The second kappa shape index (κ2) is 5.36. The van der Waals surface area contributed by atoms with Crippen molar-refractivity contribution in [2.75, 3.05) is 6.61 Å². The molecule has 1 N–H and O–H groups in total. The van der Waals surface area contributed by atoms with Crippen LogP contribution in [0.4, 0.5) is 0 Å². The maximum Gasteiger partial charge on any atom is 0.341 e. The van der Waals surface area contributed by atoms with Crippen LogP contribution in [0.15, 0.2) is 12.1 Å². The van der Waals surface area contributed by atoms with Gasteiger partial charge in [0.1, 0.15) is 10.8 Å². The Morgan fingerprint density at radius 2 is 2.00 bits per heavy atom. The van der Waals surface area contributed by atoms with Crippen LogP contribution in [-0.2, 0) is 4.79 Å². The molecule has 7 heteroatoms. The van der Waals surface area contributed by atoms with Crippen LogP contribution in [0.1, 0.15) is 16.6 Å². The molecule has 0 amide bonds. The Kier molecular flexibility index (Phi) is 3.99. The average Bonchev–Trinajstić information content (AvgIpc) is 2.76. The molecule has 2 aromatic rings. The van der Waals surface area contributed by atoms with Crippen molar-refractivity contribution in [2.24, 2.45) is 0 Å². The molecule has 0 aliphatic heterocycles. The van der Waals surface area contributed by atoms with Crippen LogP contribution < -0.4 is 4.74 Å². The molecule has 0 saturated carbocycles. The number of carboxylic acids is 1. The highest BCUT2D eigenvalue weighted by atomic mass is 35.5. The van der Waals surface area contributed by atoms with E-state index in [1.807, 2.05) is 0 Å². The van der Waals surface area contributed by atoms with Gasteiger partial charge in [0.25, 0.3) is 0 Å². The molecule has 0 bridgehead atoms. The van der Waals surface area contributed by atoms with Gasteiger partial charge in [0.05, 0.1) is 14.6 Å². The molecule has 1 heterocycles. The van der Waals surface area contributed by atoms with Crippen LogP contribution in [0.2, 0.25) is 10.0 Å². The van der Waals surface area contributed by atoms with Gasteiger partial charge < -0.3 is 9.84 Å². The number of hydrogen-bond acceptors (Lipinski definition) is 4. The number of aliphatic carboxylic acids is 1. The van der Waals surface area contributed by atoms with Crippen molar-refractivity contribution in [3.8, 4) is 5.75 Å². The number of rotatable bonds is 4. The average molecular weight is 319 g/mol. The second-order valence-corrected chi connectivity index (χ2v) is 5.58. The Morgan fingerprint density at radius 1 is 1.32 bits per heavy atom. The van der Waals surface area contributed by atoms with Gasteiger partial charge >= 0.3 is 5.97 Å². The van der Waals surface area contributed by atoms with Gasteiger partial charge in [-0.3, -0.25) is 4.79 Å². The number of carbonyl (C=O) groups excluding carboxylic acids is 1. The fraction of sp³-hybridized carbons (Fsp3) is 0.167. The molecule has 0 fully saturated rings. The monoisotopic (exact) mass is 318 g/mol. The number of hydrogen-bond donors (Lipinski definition) is 1. The lowest BCUT2D eigenvalue weighted by molar-refractivity contribution is -0.139. The molecule has 100 valence electrons. The normalized spacial score (nSPS) is 10.7. The lowest BCUT2D eigenvalue weighted by atomic mass is 10.2. The SMILES string of the molecule is CC(=O)c1cc2cc(OCC(=O)O)c(Cl)c(Cl)c2s1. The molecule has 0 atom stereocenters. The first-order chi connectivity index (χ1) is 8.90. The van der Waals surface area contributed by atoms with E-state index < -0.39 is 12.6 Å². The number of ketones is 1. The highest BCUT2D eigenvalue weighted by molar-refractivity contribution is 7.21. The summed E-state index contributed by atoms with van der Waals surface area (Å²) in [7, 11) is 0. The number of carboxylic acid groups (broad SMARTS) is 1. The van der Waals surface area contributed by atoms with Crippen LogP contribution in [0.25, 0.3) is 10.1 Å². The highest BCUT2D eigenvalue weighted by Crippen LogP contribution is 2.42. The van der Waals surface area contributed by atoms with Crippen molar-refractivity contribution in [3.63, 3.8) is 0 Å².